The summed E-state index contributed by atoms with van der Waals surface area (Å²) in [5.41, 5.74) is 1.18. The number of halogens is 1. The molecule has 3 heteroatoms. The Morgan fingerprint density at radius 1 is 1.64 bits per heavy atom. The fourth-order valence-corrected chi connectivity index (χ4v) is 1.84. The minimum atomic E-state index is -0.359. The summed E-state index contributed by atoms with van der Waals surface area (Å²) in [6, 6.07) is 1.85. The smallest absolute Gasteiger partial charge is 0.262 e. The van der Waals surface area contributed by atoms with Crippen molar-refractivity contribution in [1.82, 2.24) is 0 Å². The Bertz CT molecular complexity index is 265. The molecule has 0 saturated heterocycles. The molecule has 0 aromatic carbocycles. The lowest BCUT2D eigenvalue weighted by Crippen LogP contribution is -1.83. The summed E-state index contributed by atoms with van der Waals surface area (Å²) < 4.78 is 0. The molecule has 1 rings (SSSR count). The largest absolute Gasteiger partial charge is 0.275 e. The summed E-state index contributed by atoms with van der Waals surface area (Å²) in [4.78, 5) is 11.3. The van der Waals surface area contributed by atoms with E-state index >= 15 is 0 Å². The number of rotatable bonds is 2. The van der Waals surface area contributed by atoms with Gasteiger partial charge in [0.25, 0.3) is 5.24 Å². The lowest BCUT2D eigenvalue weighted by Gasteiger charge is -1.96. The highest BCUT2D eigenvalue weighted by Crippen LogP contribution is 2.22. The molecule has 0 spiro atoms. The molecule has 1 aromatic rings. The van der Waals surface area contributed by atoms with Gasteiger partial charge in [-0.1, -0.05) is 13.8 Å². The van der Waals surface area contributed by atoms with Gasteiger partial charge in [0.15, 0.2) is 0 Å². The molecule has 0 bridgehead atoms. The van der Waals surface area contributed by atoms with Crippen molar-refractivity contribution in [1.29, 1.82) is 0 Å². The molecule has 1 heterocycles. The molecule has 0 N–H and O–H groups in total. The molecule has 11 heavy (non-hydrogen) atoms. The Balaban J connectivity index is 2.90. The first-order valence-electron chi connectivity index (χ1n) is 3.39. The summed E-state index contributed by atoms with van der Waals surface area (Å²) in [7, 11) is 0. The standard InChI is InChI=1S/C8H9ClOS/c1-5(2)6-3-7(8(9)10)11-4-6/h3-5H,1-2H3. The fourth-order valence-electron chi connectivity index (χ4n) is 0.757. The summed E-state index contributed by atoms with van der Waals surface area (Å²) in [5.74, 6) is 0.469. The van der Waals surface area contributed by atoms with Gasteiger partial charge in [0, 0.05) is 0 Å². The third-order valence-corrected chi connectivity index (χ3v) is 2.74. The molecule has 0 aliphatic carbocycles. The van der Waals surface area contributed by atoms with Crippen molar-refractivity contribution >= 4 is 28.2 Å². The van der Waals surface area contributed by atoms with E-state index in [-0.39, 0.29) is 5.24 Å². The van der Waals surface area contributed by atoms with Gasteiger partial charge in [-0.2, -0.15) is 0 Å². The van der Waals surface area contributed by atoms with Crippen molar-refractivity contribution in [3.63, 3.8) is 0 Å². The van der Waals surface area contributed by atoms with Crippen LogP contribution in [0.15, 0.2) is 11.4 Å². The molecule has 0 radical (unpaired) electrons. The van der Waals surface area contributed by atoms with Crippen molar-refractivity contribution in [2.45, 2.75) is 19.8 Å². The van der Waals surface area contributed by atoms with Crippen molar-refractivity contribution in [3.8, 4) is 0 Å². The third-order valence-electron chi connectivity index (χ3n) is 1.48. The van der Waals surface area contributed by atoms with Crippen LogP contribution < -0.4 is 0 Å². The van der Waals surface area contributed by atoms with Gasteiger partial charge in [-0.25, -0.2) is 0 Å². The average Bonchev–Trinajstić information content (AvgIpc) is 2.33. The van der Waals surface area contributed by atoms with Crippen LogP contribution in [-0.2, 0) is 0 Å². The Morgan fingerprint density at radius 2 is 2.27 bits per heavy atom. The number of hydrogen-bond donors (Lipinski definition) is 0. The molecule has 0 amide bonds. The van der Waals surface area contributed by atoms with E-state index in [0.717, 1.165) is 0 Å². The fraction of sp³-hybridized carbons (Fsp3) is 0.375. The molecule has 60 valence electrons. The maximum atomic E-state index is 10.7. The van der Waals surface area contributed by atoms with Gasteiger partial charge in [0.05, 0.1) is 4.88 Å². The maximum Gasteiger partial charge on any atom is 0.262 e. The van der Waals surface area contributed by atoms with Crippen LogP contribution in [0.1, 0.15) is 35.0 Å². The van der Waals surface area contributed by atoms with E-state index in [9.17, 15) is 4.79 Å². The van der Waals surface area contributed by atoms with Crippen molar-refractivity contribution < 1.29 is 4.79 Å². The second-order valence-corrected chi connectivity index (χ2v) is 3.93. The first-order chi connectivity index (χ1) is 5.11. The molecule has 0 aliphatic rings. The first kappa shape index (κ1) is 8.75. The molecule has 0 saturated carbocycles. The zero-order chi connectivity index (χ0) is 8.43. The minimum absolute atomic E-state index is 0.359. The Labute approximate surface area is 75.0 Å². The lowest BCUT2D eigenvalue weighted by molar-refractivity contribution is 0.108. The van der Waals surface area contributed by atoms with Crippen LogP contribution in [-0.4, -0.2) is 5.24 Å². The average molecular weight is 189 g/mol. The number of hydrogen-bond acceptors (Lipinski definition) is 2. The highest BCUT2D eigenvalue weighted by molar-refractivity contribution is 7.14. The molecule has 0 aliphatic heterocycles. The van der Waals surface area contributed by atoms with Crippen molar-refractivity contribution in [3.05, 3.63) is 21.9 Å². The Morgan fingerprint density at radius 3 is 2.55 bits per heavy atom. The second kappa shape index (κ2) is 3.37. The van der Waals surface area contributed by atoms with Gasteiger partial charge in [-0.3, -0.25) is 4.79 Å². The molecule has 1 aromatic heterocycles. The summed E-state index contributed by atoms with van der Waals surface area (Å²) in [6.07, 6.45) is 0. The van der Waals surface area contributed by atoms with Crippen LogP contribution in [0, 0.1) is 0 Å². The van der Waals surface area contributed by atoms with Gasteiger partial charge in [-0.05, 0) is 34.5 Å². The molecule has 0 atom stereocenters. The highest BCUT2D eigenvalue weighted by atomic mass is 35.5. The van der Waals surface area contributed by atoms with E-state index in [1.807, 2.05) is 11.4 Å². The number of thiophene rings is 1. The first-order valence-corrected chi connectivity index (χ1v) is 4.65. The minimum Gasteiger partial charge on any atom is -0.275 e. The third kappa shape index (κ3) is 2.04. The summed E-state index contributed by atoms with van der Waals surface area (Å²) in [5, 5.41) is 1.61. The van der Waals surface area contributed by atoms with E-state index in [2.05, 4.69) is 13.8 Å². The van der Waals surface area contributed by atoms with E-state index in [1.54, 1.807) is 0 Å². The topological polar surface area (TPSA) is 17.1 Å². The van der Waals surface area contributed by atoms with Gasteiger partial charge < -0.3 is 0 Å². The zero-order valence-electron chi connectivity index (χ0n) is 6.43. The zero-order valence-corrected chi connectivity index (χ0v) is 8.00. The molecular weight excluding hydrogens is 180 g/mol. The van der Waals surface area contributed by atoms with Crippen LogP contribution in [0.2, 0.25) is 0 Å². The Kier molecular flexibility index (Phi) is 2.68. The lowest BCUT2D eigenvalue weighted by atomic mass is 10.1. The van der Waals surface area contributed by atoms with Gasteiger partial charge in [-0.15, -0.1) is 11.3 Å². The van der Waals surface area contributed by atoms with Crippen LogP contribution in [0.3, 0.4) is 0 Å². The Hall–Kier alpha value is -0.340. The number of carbonyl (C=O) groups excluding carboxylic acids is 1. The van der Waals surface area contributed by atoms with Crippen LogP contribution >= 0.6 is 22.9 Å². The summed E-state index contributed by atoms with van der Waals surface area (Å²) in [6.45, 7) is 4.18. The normalized spacial score (nSPS) is 10.5. The van der Waals surface area contributed by atoms with E-state index in [1.165, 1.54) is 16.9 Å². The van der Waals surface area contributed by atoms with Crippen LogP contribution in [0.25, 0.3) is 0 Å². The van der Waals surface area contributed by atoms with Gasteiger partial charge in [0.2, 0.25) is 0 Å². The number of carbonyl (C=O) groups is 1. The van der Waals surface area contributed by atoms with Gasteiger partial charge in [0.1, 0.15) is 0 Å². The summed E-state index contributed by atoms with van der Waals surface area (Å²) >= 11 is 6.70. The molecular formula is C8H9ClOS. The predicted molar refractivity (Wildman–Crippen MR) is 48.6 cm³/mol. The van der Waals surface area contributed by atoms with E-state index < -0.39 is 0 Å². The molecule has 1 nitrogen and oxygen atoms in total. The van der Waals surface area contributed by atoms with E-state index in [4.69, 9.17) is 11.6 Å². The van der Waals surface area contributed by atoms with Crippen LogP contribution in [0.5, 0.6) is 0 Å². The molecule has 0 fully saturated rings. The quantitative estimate of drug-likeness (QED) is 0.652. The maximum absolute atomic E-state index is 10.7. The monoisotopic (exact) mass is 188 g/mol. The second-order valence-electron chi connectivity index (χ2n) is 2.67. The molecule has 0 unspecified atom stereocenters. The highest BCUT2D eigenvalue weighted by Gasteiger charge is 2.07. The van der Waals surface area contributed by atoms with E-state index in [0.29, 0.717) is 10.8 Å². The van der Waals surface area contributed by atoms with Crippen molar-refractivity contribution in [2.75, 3.05) is 0 Å². The predicted octanol–water partition coefficient (Wildman–Crippen LogP) is 3.25. The SMILES string of the molecule is CC(C)c1csc(C(=O)Cl)c1. The van der Waals surface area contributed by atoms with Gasteiger partial charge >= 0.3 is 0 Å². The van der Waals surface area contributed by atoms with Crippen molar-refractivity contribution in [2.24, 2.45) is 0 Å². The van der Waals surface area contributed by atoms with Crippen LogP contribution in [0.4, 0.5) is 0 Å².